The molecule has 0 saturated carbocycles. The van der Waals surface area contributed by atoms with Gasteiger partial charge < -0.3 is 14.7 Å². The van der Waals surface area contributed by atoms with Crippen molar-refractivity contribution >= 4 is 23.8 Å². The van der Waals surface area contributed by atoms with Gasteiger partial charge in [-0.05, 0) is 23.8 Å². The summed E-state index contributed by atoms with van der Waals surface area (Å²) < 4.78 is 2.10. The number of phenols is 1. The Hall–Kier alpha value is -2.20. The predicted molar refractivity (Wildman–Crippen MR) is 78.1 cm³/mol. The monoisotopic (exact) mass is 251 g/mol. The summed E-state index contributed by atoms with van der Waals surface area (Å²) in [6, 6.07) is 15.4. The van der Waals surface area contributed by atoms with E-state index < -0.39 is 0 Å². The summed E-state index contributed by atoms with van der Waals surface area (Å²) in [5.41, 5.74) is 3.10. The van der Waals surface area contributed by atoms with Gasteiger partial charge in [0, 0.05) is 18.1 Å². The number of hydrogen-bond acceptors (Lipinski definition) is 2. The van der Waals surface area contributed by atoms with Crippen molar-refractivity contribution in [3.8, 4) is 5.75 Å². The zero-order valence-corrected chi connectivity index (χ0v) is 10.5. The molecule has 0 radical (unpaired) electrons. The van der Waals surface area contributed by atoms with Crippen LogP contribution in [0.15, 0.2) is 54.7 Å². The lowest BCUT2D eigenvalue weighted by molar-refractivity contribution is 0.481. The highest BCUT2D eigenvalue weighted by Gasteiger charge is 2.05. The lowest BCUT2D eigenvalue weighted by Gasteiger charge is -2.06. The van der Waals surface area contributed by atoms with E-state index in [4.69, 9.17) is 5.02 Å². The Bertz CT molecular complexity index is 704. The first-order chi connectivity index (χ1) is 9.28. The maximum Gasteiger partial charge on any atom is 0.304 e. The summed E-state index contributed by atoms with van der Waals surface area (Å²) in [6.45, 7) is 0.749. The highest BCUT2D eigenvalue weighted by molar-refractivity contribution is 6.45. The molecule has 0 unspecified atom stereocenters. The van der Waals surface area contributed by atoms with Gasteiger partial charge in [0.15, 0.2) is 0 Å². The molecule has 1 heterocycles. The molecule has 19 heavy (non-hydrogen) atoms. The van der Waals surface area contributed by atoms with Crippen molar-refractivity contribution in [3.63, 3.8) is 0 Å². The second kappa shape index (κ2) is 4.82. The van der Waals surface area contributed by atoms with Crippen molar-refractivity contribution < 1.29 is 10.1 Å². The number of rotatable bonds is 3. The van der Waals surface area contributed by atoms with E-state index in [9.17, 15) is 5.11 Å². The minimum Gasteiger partial charge on any atom is -0.507 e. The van der Waals surface area contributed by atoms with Crippen molar-refractivity contribution in [2.24, 2.45) is 0 Å². The van der Waals surface area contributed by atoms with E-state index in [0.717, 1.165) is 28.5 Å². The fourth-order valence-corrected chi connectivity index (χ4v) is 2.29. The molecule has 0 atom stereocenters. The van der Waals surface area contributed by atoms with Crippen molar-refractivity contribution in [3.05, 3.63) is 60.3 Å². The maximum absolute atomic E-state index is 9.78. The van der Waals surface area contributed by atoms with Gasteiger partial charge in [-0.1, -0.05) is 35.8 Å². The number of aromatic nitrogens is 1. The van der Waals surface area contributed by atoms with Crippen molar-refractivity contribution in [2.45, 2.75) is 6.54 Å². The van der Waals surface area contributed by atoms with Crippen LogP contribution in [0.5, 0.6) is 5.75 Å². The van der Waals surface area contributed by atoms with E-state index in [0.29, 0.717) is 5.75 Å². The second-order valence-corrected chi connectivity index (χ2v) is 4.63. The minimum absolute atomic E-state index is 0.0700. The zero-order valence-electron chi connectivity index (χ0n) is 10.5. The van der Waals surface area contributed by atoms with Gasteiger partial charge in [-0.25, -0.2) is 0 Å². The molecule has 0 fully saturated rings. The molecule has 1 aromatic heterocycles. The second-order valence-electron chi connectivity index (χ2n) is 4.63. The molecular formula is C15H14BNO2. The Balaban J connectivity index is 1.94. The average Bonchev–Trinajstić information content (AvgIpc) is 2.84. The van der Waals surface area contributed by atoms with Gasteiger partial charge in [0.25, 0.3) is 0 Å². The third-order valence-electron chi connectivity index (χ3n) is 3.35. The topological polar surface area (TPSA) is 45.4 Å². The number of aromatic hydroxyl groups is 1. The Kier molecular flexibility index (Phi) is 3.01. The highest BCUT2D eigenvalue weighted by Crippen LogP contribution is 2.25. The molecule has 0 amide bonds. The van der Waals surface area contributed by atoms with E-state index in [1.54, 1.807) is 6.07 Å². The third-order valence-corrected chi connectivity index (χ3v) is 3.35. The smallest absolute Gasteiger partial charge is 0.304 e. The molecule has 0 aliphatic rings. The first kappa shape index (κ1) is 11.9. The molecule has 0 spiro atoms. The number of phenolic OH excluding ortho intramolecular Hbond substituents is 1. The largest absolute Gasteiger partial charge is 0.507 e. The molecule has 3 aromatic rings. The zero-order chi connectivity index (χ0) is 13.2. The van der Waals surface area contributed by atoms with Gasteiger partial charge in [0.2, 0.25) is 0 Å². The molecule has 0 aliphatic carbocycles. The Morgan fingerprint density at radius 1 is 1.00 bits per heavy atom. The summed E-state index contributed by atoms with van der Waals surface area (Å²) in [5.74, 6) is 0.312. The summed E-state index contributed by atoms with van der Waals surface area (Å²) in [5, 5.41) is 19.7. The number of benzene rings is 2. The highest BCUT2D eigenvalue weighted by atomic mass is 16.3. The summed E-state index contributed by atoms with van der Waals surface area (Å²) in [4.78, 5) is 0. The number of hydrogen-bond donors (Lipinski definition) is 2. The van der Waals surface area contributed by atoms with Crippen LogP contribution in [-0.4, -0.2) is 22.2 Å². The molecule has 94 valence electrons. The van der Waals surface area contributed by atoms with Crippen molar-refractivity contribution in [1.29, 1.82) is 0 Å². The van der Waals surface area contributed by atoms with E-state index in [-0.39, 0.29) is 7.48 Å². The molecule has 4 heteroatoms. The molecule has 3 rings (SSSR count). The molecule has 3 nitrogen and oxygen atoms in total. The van der Waals surface area contributed by atoms with Crippen LogP contribution in [0.1, 0.15) is 5.56 Å². The van der Waals surface area contributed by atoms with E-state index in [1.807, 2.05) is 48.7 Å². The molecule has 0 aliphatic heterocycles. The number of nitrogens with zero attached hydrogens (tertiary/aromatic N) is 1. The van der Waals surface area contributed by atoms with Crippen LogP contribution >= 0.6 is 0 Å². The van der Waals surface area contributed by atoms with Gasteiger partial charge in [-0.15, -0.1) is 0 Å². The van der Waals surface area contributed by atoms with Crippen LogP contribution in [0.3, 0.4) is 0 Å². The summed E-state index contributed by atoms with van der Waals surface area (Å²) in [6.07, 6.45) is 1.98. The van der Waals surface area contributed by atoms with Crippen LogP contribution in [0.2, 0.25) is 0 Å². The summed E-state index contributed by atoms with van der Waals surface area (Å²) >= 11 is 0. The Morgan fingerprint density at radius 3 is 2.53 bits per heavy atom. The molecule has 0 saturated heterocycles. The van der Waals surface area contributed by atoms with Crippen molar-refractivity contribution in [2.75, 3.05) is 0 Å². The van der Waals surface area contributed by atoms with Gasteiger partial charge in [0.1, 0.15) is 5.75 Å². The lowest BCUT2D eigenvalue weighted by Crippen LogP contribution is -2.12. The molecule has 2 aromatic carbocycles. The maximum atomic E-state index is 9.78. The van der Waals surface area contributed by atoms with E-state index in [1.165, 1.54) is 0 Å². The standard InChI is InChI=1S/C15H14BNO2/c18-15-3-1-2-14-13(15)8-9-17(14)10-11-4-6-12(16-19)7-5-11/h1-9,16,18-19H,10H2. The van der Waals surface area contributed by atoms with Gasteiger partial charge in [-0.3, -0.25) is 0 Å². The number of fused-ring (bicyclic) bond motifs is 1. The normalized spacial score (nSPS) is 10.8. The fourth-order valence-electron chi connectivity index (χ4n) is 2.29. The van der Waals surface area contributed by atoms with Gasteiger partial charge in [0.05, 0.1) is 5.52 Å². The Morgan fingerprint density at radius 2 is 1.79 bits per heavy atom. The SMILES string of the molecule is OBc1ccc(Cn2ccc3c(O)cccc32)cc1. The average molecular weight is 251 g/mol. The van der Waals surface area contributed by atoms with Crippen LogP contribution in [0.4, 0.5) is 0 Å². The van der Waals surface area contributed by atoms with Crippen molar-refractivity contribution in [1.82, 2.24) is 4.57 Å². The van der Waals surface area contributed by atoms with E-state index in [2.05, 4.69) is 4.57 Å². The first-order valence-electron chi connectivity index (χ1n) is 6.23. The minimum atomic E-state index is 0.0700. The first-order valence-corrected chi connectivity index (χ1v) is 6.23. The third kappa shape index (κ3) is 2.22. The Labute approximate surface area is 112 Å². The predicted octanol–water partition coefficient (Wildman–Crippen LogP) is 1.36. The van der Waals surface area contributed by atoms with Crippen LogP contribution in [0.25, 0.3) is 10.9 Å². The van der Waals surface area contributed by atoms with Crippen LogP contribution < -0.4 is 5.46 Å². The quantitative estimate of drug-likeness (QED) is 0.690. The van der Waals surface area contributed by atoms with Crippen LogP contribution in [-0.2, 0) is 6.54 Å². The fraction of sp³-hybridized carbons (Fsp3) is 0.0667. The van der Waals surface area contributed by atoms with E-state index >= 15 is 0 Å². The summed E-state index contributed by atoms with van der Waals surface area (Å²) in [7, 11) is 0.0700. The molecule has 2 N–H and O–H groups in total. The molecular weight excluding hydrogens is 237 g/mol. The van der Waals surface area contributed by atoms with Gasteiger partial charge in [-0.2, -0.15) is 0 Å². The lowest BCUT2D eigenvalue weighted by atomic mass is 9.88. The van der Waals surface area contributed by atoms with Crippen LogP contribution in [0, 0.1) is 0 Å². The van der Waals surface area contributed by atoms with Gasteiger partial charge >= 0.3 is 7.48 Å². The molecule has 0 bridgehead atoms.